The SMILES string of the molecule is CN(CC1(O)CCN(Cc2ccccc2)C1)C(=O)c1ccoc1C1CC1. The van der Waals surface area contributed by atoms with E-state index in [1.165, 1.54) is 5.56 Å². The third-order valence-electron chi connectivity index (χ3n) is 5.41. The van der Waals surface area contributed by atoms with Crippen LogP contribution in [0.2, 0.25) is 0 Å². The minimum Gasteiger partial charge on any atom is -0.468 e. The summed E-state index contributed by atoms with van der Waals surface area (Å²) in [6.45, 7) is 2.59. The Morgan fingerprint density at radius 2 is 2.08 bits per heavy atom. The summed E-state index contributed by atoms with van der Waals surface area (Å²) < 4.78 is 5.52. The maximum Gasteiger partial charge on any atom is 0.257 e. The Hall–Kier alpha value is -2.11. The van der Waals surface area contributed by atoms with Gasteiger partial charge in [0.05, 0.1) is 24.0 Å². The highest BCUT2D eigenvalue weighted by atomic mass is 16.3. The van der Waals surface area contributed by atoms with Crippen LogP contribution in [0.25, 0.3) is 0 Å². The number of hydrogen-bond donors (Lipinski definition) is 1. The standard InChI is InChI=1S/C21H26N2O3/c1-22(20(24)18-9-12-26-19(18)17-7-8-17)14-21(25)10-11-23(15-21)13-16-5-3-2-4-6-16/h2-6,9,12,17,25H,7-8,10-11,13-15H2,1H3. The van der Waals surface area contributed by atoms with Crippen LogP contribution in [0.15, 0.2) is 47.1 Å². The first kappa shape index (κ1) is 17.3. The van der Waals surface area contributed by atoms with Crippen LogP contribution < -0.4 is 0 Å². The van der Waals surface area contributed by atoms with Gasteiger partial charge in [-0.3, -0.25) is 9.69 Å². The fourth-order valence-corrected chi connectivity index (χ4v) is 3.92. The Morgan fingerprint density at radius 1 is 1.31 bits per heavy atom. The summed E-state index contributed by atoms with van der Waals surface area (Å²) in [5.74, 6) is 1.15. The first-order valence-corrected chi connectivity index (χ1v) is 9.36. The molecule has 1 saturated heterocycles. The number of nitrogens with zero attached hydrogens (tertiary/aromatic N) is 2. The molecule has 2 aromatic rings. The van der Waals surface area contributed by atoms with Crippen LogP contribution in [-0.2, 0) is 6.54 Å². The molecule has 1 unspecified atom stereocenters. The molecular formula is C21H26N2O3. The molecule has 1 aliphatic heterocycles. The molecule has 1 saturated carbocycles. The van der Waals surface area contributed by atoms with Gasteiger partial charge in [0.15, 0.2) is 0 Å². The van der Waals surface area contributed by atoms with E-state index in [2.05, 4.69) is 17.0 Å². The van der Waals surface area contributed by atoms with Crippen molar-refractivity contribution in [3.8, 4) is 0 Å². The van der Waals surface area contributed by atoms with Crippen molar-refractivity contribution in [1.29, 1.82) is 0 Å². The van der Waals surface area contributed by atoms with Gasteiger partial charge in [-0.25, -0.2) is 0 Å². The van der Waals surface area contributed by atoms with Crippen LogP contribution in [-0.4, -0.2) is 53.1 Å². The van der Waals surface area contributed by atoms with Gasteiger partial charge < -0.3 is 14.4 Å². The molecule has 5 heteroatoms. The predicted molar refractivity (Wildman–Crippen MR) is 98.9 cm³/mol. The largest absolute Gasteiger partial charge is 0.468 e. The lowest BCUT2D eigenvalue weighted by atomic mass is 10.0. The highest BCUT2D eigenvalue weighted by molar-refractivity contribution is 5.95. The quantitative estimate of drug-likeness (QED) is 0.867. The minimum atomic E-state index is -0.858. The number of aliphatic hydroxyl groups is 1. The van der Waals surface area contributed by atoms with Crippen LogP contribution in [0.1, 0.15) is 46.9 Å². The Kier molecular flexibility index (Phi) is 4.59. The zero-order valence-corrected chi connectivity index (χ0v) is 15.2. The molecule has 4 rings (SSSR count). The van der Waals surface area contributed by atoms with Crippen molar-refractivity contribution >= 4 is 5.91 Å². The van der Waals surface area contributed by atoms with Gasteiger partial charge in [-0.2, -0.15) is 0 Å². The average Bonchev–Trinajstić information content (AvgIpc) is 3.25. The second-order valence-corrected chi connectivity index (χ2v) is 7.80. The number of benzene rings is 1. The summed E-state index contributed by atoms with van der Waals surface area (Å²) in [4.78, 5) is 16.7. The summed E-state index contributed by atoms with van der Waals surface area (Å²) in [6.07, 6.45) is 4.46. The molecule has 1 amide bonds. The fourth-order valence-electron chi connectivity index (χ4n) is 3.92. The van der Waals surface area contributed by atoms with Gasteiger partial charge >= 0.3 is 0 Å². The van der Waals surface area contributed by atoms with Crippen LogP contribution in [0, 0.1) is 0 Å². The summed E-state index contributed by atoms with van der Waals surface area (Å²) in [7, 11) is 1.77. The first-order valence-electron chi connectivity index (χ1n) is 9.36. The summed E-state index contributed by atoms with van der Waals surface area (Å²) >= 11 is 0. The molecule has 1 atom stereocenters. The van der Waals surface area contributed by atoms with E-state index in [9.17, 15) is 9.90 Å². The molecule has 1 N–H and O–H groups in total. The number of furan rings is 1. The van der Waals surface area contributed by atoms with Crippen LogP contribution in [0.4, 0.5) is 0 Å². The lowest BCUT2D eigenvalue weighted by Gasteiger charge is -2.29. The number of rotatable bonds is 6. The Labute approximate surface area is 154 Å². The maximum absolute atomic E-state index is 12.8. The molecule has 1 aromatic carbocycles. The Balaban J connectivity index is 1.37. The molecule has 138 valence electrons. The van der Waals surface area contributed by atoms with Crippen molar-refractivity contribution < 1.29 is 14.3 Å². The molecule has 2 heterocycles. The minimum absolute atomic E-state index is 0.0596. The van der Waals surface area contributed by atoms with E-state index in [1.807, 2.05) is 18.2 Å². The lowest BCUT2D eigenvalue weighted by Crippen LogP contribution is -2.45. The van der Waals surface area contributed by atoms with Gasteiger partial charge in [0.25, 0.3) is 5.91 Å². The summed E-state index contributed by atoms with van der Waals surface area (Å²) in [5.41, 5.74) is 1.04. The zero-order valence-electron chi connectivity index (χ0n) is 15.2. The van der Waals surface area contributed by atoms with E-state index in [0.29, 0.717) is 31.0 Å². The van der Waals surface area contributed by atoms with E-state index in [1.54, 1.807) is 24.3 Å². The van der Waals surface area contributed by atoms with Crippen LogP contribution in [0.5, 0.6) is 0 Å². The molecular weight excluding hydrogens is 328 g/mol. The molecule has 0 spiro atoms. The first-order chi connectivity index (χ1) is 12.5. The molecule has 5 nitrogen and oxygen atoms in total. The molecule has 2 fully saturated rings. The Morgan fingerprint density at radius 3 is 2.81 bits per heavy atom. The van der Waals surface area contributed by atoms with Gasteiger partial charge in [0.2, 0.25) is 0 Å². The van der Waals surface area contributed by atoms with Crippen molar-refractivity contribution in [2.45, 2.75) is 37.3 Å². The molecule has 2 aliphatic rings. The van der Waals surface area contributed by atoms with Crippen LogP contribution in [0.3, 0.4) is 0 Å². The van der Waals surface area contributed by atoms with Gasteiger partial charge in [-0.05, 0) is 30.9 Å². The van der Waals surface area contributed by atoms with Crippen LogP contribution >= 0.6 is 0 Å². The number of amides is 1. The van der Waals surface area contributed by atoms with E-state index in [-0.39, 0.29) is 5.91 Å². The number of β-amino-alcohol motifs (C(OH)–C–C–N with tert-alkyl or cyclic N) is 1. The number of hydrogen-bond acceptors (Lipinski definition) is 4. The van der Waals surface area contributed by atoms with E-state index in [4.69, 9.17) is 4.42 Å². The monoisotopic (exact) mass is 354 g/mol. The average molecular weight is 354 g/mol. The molecule has 0 radical (unpaired) electrons. The molecule has 0 bridgehead atoms. The second kappa shape index (κ2) is 6.89. The number of likely N-dealkylation sites (tertiary alicyclic amines) is 1. The smallest absolute Gasteiger partial charge is 0.257 e. The van der Waals surface area contributed by atoms with Gasteiger partial charge in [-0.15, -0.1) is 0 Å². The highest BCUT2D eigenvalue weighted by Crippen LogP contribution is 2.42. The molecule has 26 heavy (non-hydrogen) atoms. The second-order valence-electron chi connectivity index (χ2n) is 7.80. The number of carbonyl (C=O) groups is 1. The topological polar surface area (TPSA) is 56.9 Å². The third-order valence-corrected chi connectivity index (χ3v) is 5.41. The maximum atomic E-state index is 12.8. The molecule has 1 aliphatic carbocycles. The van der Waals surface area contributed by atoms with Gasteiger partial charge in [0, 0.05) is 32.6 Å². The van der Waals surface area contributed by atoms with Crippen molar-refractivity contribution in [2.24, 2.45) is 0 Å². The third kappa shape index (κ3) is 3.69. The van der Waals surface area contributed by atoms with Crippen molar-refractivity contribution in [2.75, 3.05) is 26.7 Å². The normalized spacial score (nSPS) is 23.3. The predicted octanol–water partition coefficient (Wildman–Crippen LogP) is 2.87. The fraction of sp³-hybridized carbons (Fsp3) is 0.476. The number of likely N-dealkylation sites (N-methyl/N-ethyl adjacent to an activating group) is 1. The van der Waals surface area contributed by atoms with Crippen molar-refractivity contribution in [1.82, 2.24) is 9.80 Å². The lowest BCUT2D eigenvalue weighted by molar-refractivity contribution is 0.0169. The van der Waals surface area contributed by atoms with Gasteiger partial charge in [0.1, 0.15) is 5.76 Å². The summed E-state index contributed by atoms with van der Waals surface area (Å²) in [6, 6.07) is 12.0. The van der Waals surface area contributed by atoms with E-state index >= 15 is 0 Å². The van der Waals surface area contributed by atoms with E-state index in [0.717, 1.165) is 31.7 Å². The highest BCUT2D eigenvalue weighted by Gasteiger charge is 2.39. The number of carbonyl (C=O) groups excluding carboxylic acids is 1. The summed E-state index contributed by atoms with van der Waals surface area (Å²) in [5, 5.41) is 11.0. The van der Waals surface area contributed by atoms with Crippen molar-refractivity contribution in [3.63, 3.8) is 0 Å². The zero-order chi connectivity index (χ0) is 18.1. The van der Waals surface area contributed by atoms with Crippen molar-refractivity contribution in [3.05, 3.63) is 59.5 Å². The Bertz CT molecular complexity index is 769. The molecule has 1 aromatic heterocycles. The van der Waals surface area contributed by atoms with Gasteiger partial charge in [-0.1, -0.05) is 30.3 Å². The van der Waals surface area contributed by atoms with E-state index < -0.39 is 5.60 Å².